The minimum atomic E-state index is -0.632. The van der Waals surface area contributed by atoms with Gasteiger partial charge in [0, 0.05) is 36.1 Å². The maximum Gasteiger partial charge on any atom is 0.151 e. The zero-order valence-corrected chi connectivity index (χ0v) is 13.0. The lowest BCUT2D eigenvalue weighted by Gasteiger charge is -2.10. The molecule has 3 heterocycles. The van der Waals surface area contributed by atoms with Gasteiger partial charge in [-0.25, -0.2) is 13.5 Å². The van der Waals surface area contributed by atoms with E-state index in [1.807, 2.05) is 12.1 Å². The van der Waals surface area contributed by atoms with Crippen LogP contribution in [0.15, 0.2) is 42.7 Å². The highest BCUT2D eigenvalue weighted by atomic mass is 19.1. The molecule has 0 spiro atoms. The SMILES string of the molecule is Fc1ccc(-n2nc(-c3ccncc3)c3c2NCCCC3)c(F)c1. The Morgan fingerprint density at radius 3 is 2.67 bits per heavy atom. The van der Waals surface area contributed by atoms with E-state index < -0.39 is 11.6 Å². The van der Waals surface area contributed by atoms with E-state index in [9.17, 15) is 8.78 Å². The van der Waals surface area contributed by atoms with Gasteiger partial charge in [-0.1, -0.05) is 0 Å². The van der Waals surface area contributed by atoms with Gasteiger partial charge in [-0.05, 0) is 43.5 Å². The van der Waals surface area contributed by atoms with Crippen LogP contribution in [0.25, 0.3) is 16.9 Å². The fraction of sp³-hybridized carbons (Fsp3) is 0.222. The van der Waals surface area contributed by atoms with Crippen molar-refractivity contribution < 1.29 is 8.78 Å². The number of fused-ring (bicyclic) bond motifs is 1. The Morgan fingerprint density at radius 1 is 1.04 bits per heavy atom. The summed E-state index contributed by atoms with van der Waals surface area (Å²) < 4.78 is 29.1. The molecule has 0 saturated carbocycles. The Kier molecular flexibility index (Phi) is 3.72. The van der Waals surface area contributed by atoms with Gasteiger partial charge < -0.3 is 5.32 Å². The molecule has 0 aliphatic carbocycles. The number of anilines is 1. The van der Waals surface area contributed by atoms with Gasteiger partial charge in [-0.3, -0.25) is 4.98 Å². The summed E-state index contributed by atoms with van der Waals surface area (Å²) in [5.74, 6) is -0.450. The number of halogens is 2. The van der Waals surface area contributed by atoms with Crippen LogP contribution in [0.5, 0.6) is 0 Å². The first-order valence-electron chi connectivity index (χ1n) is 7.95. The van der Waals surface area contributed by atoms with Crippen LogP contribution in [-0.4, -0.2) is 21.3 Å². The van der Waals surface area contributed by atoms with Crippen molar-refractivity contribution in [3.8, 4) is 16.9 Å². The van der Waals surface area contributed by atoms with Gasteiger partial charge in [0.1, 0.15) is 17.3 Å². The van der Waals surface area contributed by atoms with Crippen LogP contribution in [0.4, 0.5) is 14.6 Å². The molecule has 0 amide bonds. The van der Waals surface area contributed by atoms with Gasteiger partial charge in [0.15, 0.2) is 5.82 Å². The molecule has 122 valence electrons. The average molecular weight is 326 g/mol. The number of rotatable bonds is 2. The number of nitrogens with one attached hydrogen (secondary N) is 1. The van der Waals surface area contributed by atoms with Crippen molar-refractivity contribution >= 4 is 5.82 Å². The molecule has 0 radical (unpaired) electrons. The summed E-state index contributed by atoms with van der Waals surface area (Å²) in [6.45, 7) is 0.803. The summed E-state index contributed by atoms with van der Waals surface area (Å²) in [5.41, 5.74) is 3.04. The number of hydrogen-bond acceptors (Lipinski definition) is 3. The molecule has 4 nitrogen and oxygen atoms in total. The zero-order chi connectivity index (χ0) is 16.5. The number of aromatic nitrogens is 3. The molecule has 4 rings (SSSR count). The second-order valence-corrected chi connectivity index (χ2v) is 5.80. The molecule has 2 aromatic heterocycles. The molecule has 1 aromatic carbocycles. The van der Waals surface area contributed by atoms with Crippen LogP contribution in [0.2, 0.25) is 0 Å². The molecule has 1 N–H and O–H groups in total. The molecule has 1 aliphatic heterocycles. The minimum Gasteiger partial charge on any atom is -0.370 e. The van der Waals surface area contributed by atoms with Crippen molar-refractivity contribution in [2.45, 2.75) is 19.3 Å². The van der Waals surface area contributed by atoms with Gasteiger partial charge in [0.2, 0.25) is 0 Å². The van der Waals surface area contributed by atoms with E-state index in [2.05, 4.69) is 15.4 Å². The molecule has 0 atom stereocenters. The zero-order valence-electron chi connectivity index (χ0n) is 13.0. The van der Waals surface area contributed by atoms with E-state index in [-0.39, 0.29) is 5.69 Å². The predicted molar refractivity (Wildman–Crippen MR) is 88.1 cm³/mol. The van der Waals surface area contributed by atoms with Crippen molar-refractivity contribution in [1.82, 2.24) is 14.8 Å². The van der Waals surface area contributed by atoms with Crippen LogP contribution in [0.3, 0.4) is 0 Å². The maximum absolute atomic E-state index is 14.3. The largest absolute Gasteiger partial charge is 0.370 e. The monoisotopic (exact) mass is 326 g/mol. The standard InChI is InChI=1S/C18H16F2N4/c19-13-4-5-16(15(20)11-13)24-18-14(3-1-2-8-22-18)17(23-24)12-6-9-21-10-7-12/h4-7,9-11,22H,1-3,8H2. The number of nitrogens with zero attached hydrogens (tertiary/aromatic N) is 3. The third-order valence-electron chi connectivity index (χ3n) is 4.22. The summed E-state index contributed by atoms with van der Waals surface area (Å²) in [5, 5.41) is 7.98. The summed E-state index contributed by atoms with van der Waals surface area (Å²) in [4.78, 5) is 4.04. The number of benzene rings is 1. The number of pyridine rings is 1. The second-order valence-electron chi connectivity index (χ2n) is 5.80. The predicted octanol–water partition coefficient (Wildman–Crippen LogP) is 3.96. The third-order valence-corrected chi connectivity index (χ3v) is 4.22. The highest BCUT2D eigenvalue weighted by molar-refractivity contribution is 5.71. The van der Waals surface area contributed by atoms with Crippen molar-refractivity contribution in [2.24, 2.45) is 0 Å². The fourth-order valence-electron chi connectivity index (χ4n) is 3.07. The second kappa shape index (κ2) is 6.03. The first-order chi connectivity index (χ1) is 11.7. The Bertz CT molecular complexity index is 874. The molecule has 0 fully saturated rings. The lowest BCUT2D eigenvalue weighted by Crippen LogP contribution is -2.08. The Balaban J connectivity index is 1.93. The molecular weight excluding hydrogens is 310 g/mol. The van der Waals surface area contributed by atoms with Gasteiger partial charge in [-0.2, -0.15) is 5.10 Å². The summed E-state index contributed by atoms with van der Waals surface area (Å²) in [6.07, 6.45) is 6.36. The third kappa shape index (κ3) is 2.54. The van der Waals surface area contributed by atoms with Gasteiger partial charge in [0.05, 0.1) is 5.69 Å². The van der Waals surface area contributed by atoms with Gasteiger partial charge in [0.25, 0.3) is 0 Å². The topological polar surface area (TPSA) is 42.7 Å². The lowest BCUT2D eigenvalue weighted by atomic mass is 10.0. The fourth-order valence-corrected chi connectivity index (χ4v) is 3.07. The Morgan fingerprint density at radius 2 is 1.88 bits per heavy atom. The van der Waals surface area contributed by atoms with E-state index in [0.717, 1.165) is 54.5 Å². The van der Waals surface area contributed by atoms with Crippen LogP contribution < -0.4 is 5.32 Å². The van der Waals surface area contributed by atoms with Gasteiger partial charge >= 0.3 is 0 Å². The maximum atomic E-state index is 14.3. The summed E-state index contributed by atoms with van der Waals surface area (Å²) in [7, 11) is 0. The van der Waals surface area contributed by atoms with E-state index >= 15 is 0 Å². The molecule has 0 bridgehead atoms. The van der Waals surface area contributed by atoms with Gasteiger partial charge in [-0.15, -0.1) is 0 Å². The van der Waals surface area contributed by atoms with E-state index in [0.29, 0.717) is 0 Å². The molecule has 0 saturated heterocycles. The first-order valence-corrected chi connectivity index (χ1v) is 7.95. The Labute approximate surface area is 138 Å². The number of hydrogen-bond donors (Lipinski definition) is 1. The molecule has 1 aliphatic rings. The smallest absolute Gasteiger partial charge is 0.151 e. The molecule has 3 aromatic rings. The quantitative estimate of drug-likeness (QED) is 0.775. The molecule has 6 heteroatoms. The minimum absolute atomic E-state index is 0.238. The van der Waals surface area contributed by atoms with E-state index in [1.165, 1.54) is 12.1 Å². The Hall–Kier alpha value is -2.76. The van der Waals surface area contributed by atoms with Crippen molar-refractivity contribution in [1.29, 1.82) is 0 Å². The van der Waals surface area contributed by atoms with Crippen LogP contribution in [0, 0.1) is 11.6 Å². The van der Waals surface area contributed by atoms with Crippen molar-refractivity contribution in [3.63, 3.8) is 0 Å². The van der Waals surface area contributed by atoms with Crippen LogP contribution in [0.1, 0.15) is 18.4 Å². The molecular formula is C18H16F2N4. The highest BCUT2D eigenvalue weighted by Crippen LogP contribution is 2.34. The van der Waals surface area contributed by atoms with Crippen molar-refractivity contribution in [3.05, 3.63) is 59.9 Å². The average Bonchev–Trinajstić information content (AvgIpc) is 2.78. The molecule has 0 unspecified atom stereocenters. The van der Waals surface area contributed by atoms with Crippen LogP contribution in [-0.2, 0) is 6.42 Å². The lowest BCUT2D eigenvalue weighted by molar-refractivity contribution is 0.574. The normalized spacial score (nSPS) is 13.9. The summed E-state index contributed by atoms with van der Waals surface area (Å²) in [6, 6.07) is 7.32. The van der Waals surface area contributed by atoms with Crippen molar-refractivity contribution in [2.75, 3.05) is 11.9 Å². The highest BCUT2D eigenvalue weighted by Gasteiger charge is 2.23. The van der Waals surface area contributed by atoms with E-state index in [4.69, 9.17) is 0 Å². The first kappa shape index (κ1) is 14.8. The van der Waals surface area contributed by atoms with E-state index in [1.54, 1.807) is 17.1 Å². The van der Waals surface area contributed by atoms with Crippen LogP contribution >= 0.6 is 0 Å². The summed E-state index contributed by atoms with van der Waals surface area (Å²) >= 11 is 0. The molecule has 24 heavy (non-hydrogen) atoms.